The van der Waals surface area contributed by atoms with E-state index in [1.54, 1.807) is 18.0 Å². The Bertz CT molecular complexity index is 281. The van der Waals surface area contributed by atoms with Gasteiger partial charge < -0.3 is 10.5 Å². The van der Waals surface area contributed by atoms with Crippen LogP contribution in [-0.2, 0) is 11.8 Å². The maximum atomic E-state index is 5.99. The molecule has 2 N–H and O–H groups in total. The fourth-order valence-corrected chi connectivity index (χ4v) is 1.71. The zero-order valence-corrected chi connectivity index (χ0v) is 9.45. The summed E-state index contributed by atoms with van der Waals surface area (Å²) in [5, 5.41) is 4.65. The van der Waals surface area contributed by atoms with Crippen LogP contribution in [0.1, 0.15) is 25.1 Å². The van der Waals surface area contributed by atoms with Crippen LogP contribution in [-0.4, -0.2) is 23.0 Å². The van der Waals surface area contributed by atoms with Crippen LogP contribution in [0.25, 0.3) is 0 Å². The first kappa shape index (κ1) is 11.5. The third-order valence-electron chi connectivity index (χ3n) is 2.28. The first-order valence-electron chi connectivity index (χ1n) is 4.52. The van der Waals surface area contributed by atoms with Crippen molar-refractivity contribution in [3.63, 3.8) is 0 Å². The molecule has 0 saturated heterocycles. The third-order valence-corrected chi connectivity index (χ3v) is 2.57. The molecule has 0 aromatic carbocycles. The van der Waals surface area contributed by atoms with E-state index in [0.29, 0.717) is 5.02 Å². The van der Waals surface area contributed by atoms with Gasteiger partial charge in [0.25, 0.3) is 0 Å². The molecule has 80 valence electrons. The second-order valence-electron chi connectivity index (χ2n) is 3.39. The lowest BCUT2D eigenvalue weighted by Gasteiger charge is -2.16. The minimum Gasteiger partial charge on any atom is -0.382 e. The summed E-state index contributed by atoms with van der Waals surface area (Å²) in [5.74, 6) is 0. The molecule has 0 bridgehead atoms. The predicted octanol–water partition coefficient (Wildman–Crippen LogP) is 1.50. The molecule has 5 heteroatoms. The quantitative estimate of drug-likeness (QED) is 0.832. The molecule has 0 amide bonds. The Balaban J connectivity index is 2.73. The summed E-state index contributed by atoms with van der Waals surface area (Å²) < 4.78 is 6.85. The van der Waals surface area contributed by atoms with Crippen LogP contribution in [0, 0.1) is 0 Å². The molecular formula is C9H16ClN3O. The van der Waals surface area contributed by atoms with Crippen LogP contribution in [0.4, 0.5) is 0 Å². The number of ether oxygens (including phenoxy) is 1. The molecular weight excluding hydrogens is 202 g/mol. The van der Waals surface area contributed by atoms with E-state index in [1.165, 1.54) is 0 Å². The molecule has 0 radical (unpaired) electrons. The Hall–Kier alpha value is -0.580. The van der Waals surface area contributed by atoms with E-state index in [-0.39, 0.29) is 12.1 Å². The van der Waals surface area contributed by atoms with E-state index in [2.05, 4.69) is 5.10 Å². The van der Waals surface area contributed by atoms with E-state index >= 15 is 0 Å². The number of halogens is 1. The van der Waals surface area contributed by atoms with Gasteiger partial charge in [-0.05, 0) is 13.3 Å². The number of nitrogens with zero attached hydrogens (tertiary/aromatic N) is 2. The van der Waals surface area contributed by atoms with E-state index in [9.17, 15) is 0 Å². The van der Waals surface area contributed by atoms with E-state index in [4.69, 9.17) is 22.1 Å². The number of rotatable bonds is 4. The lowest BCUT2D eigenvalue weighted by molar-refractivity contribution is 0.104. The molecule has 1 aromatic heterocycles. The summed E-state index contributed by atoms with van der Waals surface area (Å²) in [4.78, 5) is 0. The van der Waals surface area contributed by atoms with Crippen molar-refractivity contribution in [2.45, 2.75) is 25.5 Å². The van der Waals surface area contributed by atoms with Crippen molar-refractivity contribution in [1.82, 2.24) is 9.78 Å². The largest absolute Gasteiger partial charge is 0.382 e. The Morgan fingerprint density at radius 1 is 1.71 bits per heavy atom. The zero-order valence-electron chi connectivity index (χ0n) is 8.70. The highest BCUT2D eigenvalue weighted by molar-refractivity contribution is 6.31. The SMILES string of the molecule is COC(C)CC(N)c1c(Cl)cnn1C. The van der Waals surface area contributed by atoms with Crippen molar-refractivity contribution >= 4 is 11.6 Å². The van der Waals surface area contributed by atoms with Crippen LogP contribution < -0.4 is 5.73 Å². The molecule has 0 aliphatic carbocycles. The van der Waals surface area contributed by atoms with Gasteiger partial charge in [0.1, 0.15) is 0 Å². The van der Waals surface area contributed by atoms with Crippen molar-refractivity contribution in [3.8, 4) is 0 Å². The molecule has 0 saturated carbocycles. The lowest BCUT2D eigenvalue weighted by atomic mass is 10.1. The van der Waals surface area contributed by atoms with Crippen LogP contribution in [0.2, 0.25) is 5.02 Å². The first-order valence-corrected chi connectivity index (χ1v) is 4.89. The van der Waals surface area contributed by atoms with Crippen molar-refractivity contribution in [3.05, 3.63) is 16.9 Å². The molecule has 0 fully saturated rings. The second-order valence-corrected chi connectivity index (χ2v) is 3.80. The number of hydrogen-bond acceptors (Lipinski definition) is 3. The molecule has 4 nitrogen and oxygen atoms in total. The van der Waals surface area contributed by atoms with Gasteiger partial charge in [-0.25, -0.2) is 0 Å². The Morgan fingerprint density at radius 2 is 2.36 bits per heavy atom. The topological polar surface area (TPSA) is 53.1 Å². The fourth-order valence-electron chi connectivity index (χ4n) is 1.40. The van der Waals surface area contributed by atoms with Gasteiger partial charge in [0.2, 0.25) is 0 Å². The van der Waals surface area contributed by atoms with Gasteiger partial charge in [0.15, 0.2) is 0 Å². The Morgan fingerprint density at radius 3 is 2.79 bits per heavy atom. The summed E-state index contributed by atoms with van der Waals surface area (Å²) >= 11 is 5.96. The average Bonchev–Trinajstić information content (AvgIpc) is 2.46. The maximum Gasteiger partial charge on any atom is 0.0833 e. The minimum absolute atomic E-state index is 0.121. The molecule has 1 rings (SSSR count). The molecule has 1 aromatic rings. The van der Waals surface area contributed by atoms with Crippen molar-refractivity contribution in [2.75, 3.05) is 7.11 Å². The molecule has 0 aliphatic heterocycles. The van der Waals surface area contributed by atoms with Gasteiger partial charge in [0, 0.05) is 14.2 Å². The van der Waals surface area contributed by atoms with Gasteiger partial charge in [0.05, 0.1) is 29.1 Å². The van der Waals surface area contributed by atoms with Gasteiger partial charge >= 0.3 is 0 Å². The number of methoxy groups -OCH3 is 1. The summed E-state index contributed by atoms with van der Waals surface area (Å²) in [6.45, 7) is 1.98. The Kier molecular flexibility index (Phi) is 3.92. The monoisotopic (exact) mass is 217 g/mol. The highest BCUT2D eigenvalue weighted by Gasteiger charge is 2.17. The first-order chi connectivity index (χ1) is 6.56. The summed E-state index contributed by atoms with van der Waals surface area (Å²) in [5.41, 5.74) is 6.85. The molecule has 0 spiro atoms. The number of hydrogen-bond donors (Lipinski definition) is 1. The van der Waals surface area contributed by atoms with Crippen molar-refractivity contribution in [1.29, 1.82) is 0 Å². The van der Waals surface area contributed by atoms with Gasteiger partial charge in [-0.15, -0.1) is 0 Å². The standard InChI is InChI=1S/C9H16ClN3O/c1-6(14-3)4-8(11)9-7(10)5-12-13(9)2/h5-6,8H,4,11H2,1-3H3. The van der Waals surface area contributed by atoms with E-state index in [0.717, 1.165) is 12.1 Å². The maximum absolute atomic E-state index is 5.99. The number of aromatic nitrogens is 2. The second kappa shape index (κ2) is 4.77. The third kappa shape index (κ3) is 2.47. The van der Waals surface area contributed by atoms with Crippen LogP contribution in [0.3, 0.4) is 0 Å². The highest BCUT2D eigenvalue weighted by Crippen LogP contribution is 2.23. The predicted molar refractivity (Wildman–Crippen MR) is 56.2 cm³/mol. The smallest absolute Gasteiger partial charge is 0.0833 e. The van der Waals surface area contributed by atoms with Gasteiger partial charge in [-0.2, -0.15) is 5.10 Å². The normalized spacial score (nSPS) is 15.5. The average molecular weight is 218 g/mol. The highest BCUT2D eigenvalue weighted by atomic mass is 35.5. The molecule has 1 heterocycles. The molecule has 2 atom stereocenters. The molecule has 14 heavy (non-hydrogen) atoms. The molecule has 0 aliphatic rings. The Labute approximate surface area is 89.0 Å². The van der Waals surface area contributed by atoms with Crippen LogP contribution >= 0.6 is 11.6 Å². The summed E-state index contributed by atoms with van der Waals surface area (Å²) in [7, 11) is 3.50. The van der Waals surface area contributed by atoms with Crippen LogP contribution in [0.5, 0.6) is 0 Å². The molecule has 2 unspecified atom stereocenters. The number of nitrogens with two attached hydrogens (primary N) is 1. The zero-order chi connectivity index (χ0) is 10.7. The van der Waals surface area contributed by atoms with E-state index < -0.39 is 0 Å². The van der Waals surface area contributed by atoms with Crippen molar-refractivity contribution < 1.29 is 4.74 Å². The van der Waals surface area contributed by atoms with Crippen molar-refractivity contribution in [2.24, 2.45) is 12.8 Å². The summed E-state index contributed by atoms with van der Waals surface area (Å²) in [6, 6.07) is -0.134. The van der Waals surface area contributed by atoms with Crippen LogP contribution in [0.15, 0.2) is 6.20 Å². The van der Waals surface area contributed by atoms with E-state index in [1.807, 2.05) is 14.0 Å². The fraction of sp³-hybridized carbons (Fsp3) is 0.667. The van der Waals surface area contributed by atoms with Gasteiger partial charge in [-0.1, -0.05) is 11.6 Å². The summed E-state index contributed by atoms with van der Waals surface area (Å²) in [6.07, 6.45) is 2.46. The lowest BCUT2D eigenvalue weighted by Crippen LogP contribution is -2.20. The minimum atomic E-state index is -0.134. The van der Waals surface area contributed by atoms with Gasteiger partial charge in [-0.3, -0.25) is 4.68 Å². The number of aryl methyl sites for hydroxylation is 1.